The van der Waals surface area contributed by atoms with E-state index >= 15 is 0 Å². The topological polar surface area (TPSA) is 38.9 Å². The van der Waals surface area contributed by atoms with E-state index < -0.39 is 0 Å². The molecule has 2 rings (SSSR count). The molecule has 0 atom stereocenters. The Labute approximate surface area is 89.8 Å². The van der Waals surface area contributed by atoms with Gasteiger partial charge in [-0.3, -0.25) is 4.98 Å². The van der Waals surface area contributed by atoms with Gasteiger partial charge in [0.1, 0.15) is 0 Å². The highest BCUT2D eigenvalue weighted by Gasteiger charge is 2.00. The van der Waals surface area contributed by atoms with E-state index in [2.05, 4.69) is 36.2 Å². The maximum Gasteiger partial charge on any atom is 0.0349 e. The Morgan fingerprint density at radius 2 is 1.87 bits per heavy atom. The van der Waals surface area contributed by atoms with Crippen LogP contribution in [0.1, 0.15) is 11.1 Å². The minimum atomic E-state index is 0.590. The first-order valence-corrected chi connectivity index (χ1v) is 5.01. The van der Waals surface area contributed by atoms with E-state index in [4.69, 9.17) is 5.73 Å². The van der Waals surface area contributed by atoms with Crippen molar-refractivity contribution >= 4 is 0 Å². The van der Waals surface area contributed by atoms with Gasteiger partial charge in [-0.15, -0.1) is 0 Å². The molecule has 0 radical (unpaired) electrons. The number of nitrogens with zero attached hydrogens (tertiary/aromatic N) is 1. The summed E-state index contributed by atoms with van der Waals surface area (Å²) in [6, 6.07) is 10.3. The summed E-state index contributed by atoms with van der Waals surface area (Å²) in [5.74, 6) is 0. The van der Waals surface area contributed by atoms with E-state index in [0.29, 0.717) is 6.54 Å². The summed E-state index contributed by atoms with van der Waals surface area (Å²) in [7, 11) is 0. The van der Waals surface area contributed by atoms with Gasteiger partial charge in [0.05, 0.1) is 0 Å². The number of hydrogen-bond donors (Lipinski definition) is 1. The molecule has 0 aliphatic rings. The molecular weight excluding hydrogens is 184 g/mol. The minimum absolute atomic E-state index is 0.590. The van der Waals surface area contributed by atoms with Crippen LogP contribution in [0, 0.1) is 6.92 Å². The Morgan fingerprint density at radius 3 is 2.47 bits per heavy atom. The molecule has 0 aliphatic heterocycles. The van der Waals surface area contributed by atoms with Crippen molar-refractivity contribution in [2.75, 3.05) is 0 Å². The van der Waals surface area contributed by atoms with Crippen LogP contribution < -0.4 is 5.73 Å². The zero-order valence-corrected chi connectivity index (χ0v) is 8.77. The normalized spacial score (nSPS) is 10.3. The predicted molar refractivity (Wildman–Crippen MR) is 62.3 cm³/mol. The number of nitrogens with two attached hydrogens (primary N) is 1. The molecule has 2 aromatic rings. The van der Waals surface area contributed by atoms with Gasteiger partial charge in [-0.1, -0.05) is 24.3 Å². The summed E-state index contributed by atoms with van der Waals surface area (Å²) in [5, 5.41) is 0. The van der Waals surface area contributed by atoms with Gasteiger partial charge < -0.3 is 5.73 Å². The highest BCUT2D eigenvalue weighted by Crippen LogP contribution is 2.22. The van der Waals surface area contributed by atoms with E-state index in [1.807, 2.05) is 18.5 Å². The molecule has 2 nitrogen and oxygen atoms in total. The Bertz CT molecular complexity index is 446. The Balaban J connectivity index is 2.42. The summed E-state index contributed by atoms with van der Waals surface area (Å²) in [5.41, 5.74) is 10.3. The van der Waals surface area contributed by atoms with Gasteiger partial charge in [-0.05, 0) is 29.7 Å². The maximum atomic E-state index is 5.56. The number of hydrogen-bond acceptors (Lipinski definition) is 2. The standard InChI is InChI=1S/C13H14N2/c1-10-6-7-15-9-13(10)12-4-2-11(8-14)3-5-12/h2-7,9H,8,14H2,1H3. The molecule has 15 heavy (non-hydrogen) atoms. The van der Waals surface area contributed by atoms with Crippen molar-refractivity contribution in [1.29, 1.82) is 0 Å². The van der Waals surface area contributed by atoms with Crippen LogP contribution in [0.3, 0.4) is 0 Å². The Hall–Kier alpha value is -1.67. The maximum absolute atomic E-state index is 5.56. The zero-order chi connectivity index (χ0) is 10.7. The van der Waals surface area contributed by atoms with Crippen LogP contribution in [-0.4, -0.2) is 4.98 Å². The molecular formula is C13H14N2. The number of aryl methyl sites for hydroxylation is 1. The first kappa shape index (κ1) is 9.87. The Morgan fingerprint density at radius 1 is 1.13 bits per heavy atom. The first-order valence-electron chi connectivity index (χ1n) is 5.01. The van der Waals surface area contributed by atoms with Gasteiger partial charge in [0.15, 0.2) is 0 Å². The average molecular weight is 198 g/mol. The highest BCUT2D eigenvalue weighted by molar-refractivity contribution is 5.66. The molecule has 0 fully saturated rings. The molecule has 2 N–H and O–H groups in total. The summed E-state index contributed by atoms with van der Waals surface area (Å²) in [4.78, 5) is 4.14. The fourth-order valence-electron chi connectivity index (χ4n) is 1.59. The molecule has 1 aromatic heterocycles. The van der Waals surface area contributed by atoms with Crippen LogP contribution in [0.4, 0.5) is 0 Å². The van der Waals surface area contributed by atoms with Gasteiger partial charge in [0.2, 0.25) is 0 Å². The third kappa shape index (κ3) is 2.05. The monoisotopic (exact) mass is 198 g/mol. The third-order valence-corrected chi connectivity index (χ3v) is 2.54. The number of aromatic nitrogens is 1. The van der Waals surface area contributed by atoms with Crippen LogP contribution in [0.2, 0.25) is 0 Å². The minimum Gasteiger partial charge on any atom is -0.326 e. The third-order valence-electron chi connectivity index (χ3n) is 2.54. The van der Waals surface area contributed by atoms with E-state index in [9.17, 15) is 0 Å². The van der Waals surface area contributed by atoms with Gasteiger partial charge in [-0.2, -0.15) is 0 Å². The quantitative estimate of drug-likeness (QED) is 0.805. The van der Waals surface area contributed by atoms with Crippen LogP contribution in [0.15, 0.2) is 42.7 Å². The van der Waals surface area contributed by atoms with Crippen molar-refractivity contribution in [3.05, 3.63) is 53.9 Å². The van der Waals surface area contributed by atoms with Crippen LogP contribution in [0.5, 0.6) is 0 Å². The first-order chi connectivity index (χ1) is 7.31. The van der Waals surface area contributed by atoms with Crippen molar-refractivity contribution in [3.8, 4) is 11.1 Å². The zero-order valence-electron chi connectivity index (χ0n) is 8.77. The van der Waals surface area contributed by atoms with Crippen molar-refractivity contribution < 1.29 is 0 Å². The van der Waals surface area contributed by atoms with E-state index in [-0.39, 0.29) is 0 Å². The van der Waals surface area contributed by atoms with Gasteiger partial charge >= 0.3 is 0 Å². The SMILES string of the molecule is Cc1ccncc1-c1ccc(CN)cc1. The lowest BCUT2D eigenvalue weighted by Gasteiger charge is -2.05. The van der Waals surface area contributed by atoms with Crippen molar-refractivity contribution in [1.82, 2.24) is 4.98 Å². The fraction of sp³-hybridized carbons (Fsp3) is 0.154. The molecule has 1 aromatic carbocycles. The molecule has 0 bridgehead atoms. The van der Waals surface area contributed by atoms with Gasteiger partial charge in [-0.25, -0.2) is 0 Å². The molecule has 0 saturated heterocycles. The lowest BCUT2D eigenvalue weighted by Crippen LogP contribution is -1.95. The molecule has 0 saturated carbocycles. The number of benzene rings is 1. The second-order valence-electron chi connectivity index (χ2n) is 3.59. The van der Waals surface area contributed by atoms with Crippen molar-refractivity contribution in [3.63, 3.8) is 0 Å². The average Bonchev–Trinajstić information content (AvgIpc) is 2.30. The van der Waals surface area contributed by atoms with Crippen LogP contribution >= 0.6 is 0 Å². The predicted octanol–water partition coefficient (Wildman–Crippen LogP) is 2.52. The largest absolute Gasteiger partial charge is 0.326 e. The van der Waals surface area contributed by atoms with E-state index in [0.717, 1.165) is 5.56 Å². The molecule has 1 heterocycles. The summed E-state index contributed by atoms with van der Waals surface area (Å²) >= 11 is 0. The smallest absolute Gasteiger partial charge is 0.0349 e. The molecule has 76 valence electrons. The summed E-state index contributed by atoms with van der Waals surface area (Å²) < 4.78 is 0. The number of pyridine rings is 1. The van der Waals surface area contributed by atoms with Crippen molar-refractivity contribution in [2.24, 2.45) is 5.73 Å². The molecule has 0 aliphatic carbocycles. The molecule has 0 spiro atoms. The second-order valence-corrected chi connectivity index (χ2v) is 3.59. The lowest BCUT2D eigenvalue weighted by atomic mass is 10.0. The van der Waals surface area contributed by atoms with Gasteiger partial charge in [0, 0.05) is 24.5 Å². The molecule has 0 unspecified atom stereocenters. The molecule has 2 heteroatoms. The van der Waals surface area contributed by atoms with E-state index in [1.165, 1.54) is 16.7 Å². The summed E-state index contributed by atoms with van der Waals surface area (Å²) in [6.45, 7) is 2.68. The fourth-order valence-corrected chi connectivity index (χ4v) is 1.59. The van der Waals surface area contributed by atoms with Crippen LogP contribution in [-0.2, 0) is 6.54 Å². The second kappa shape index (κ2) is 4.24. The lowest BCUT2D eigenvalue weighted by molar-refractivity contribution is 1.07. The van der Waals surface area contributed by atoms with Crippen molar-refractivity contribution in [2.45, 2.75) is 13.5 Å². The van der Waals surface area contributed by atoms with E-state index in [1.54, 1.807) is 0 Å². The molecule has 0 amide bonds. The van der Waals surface area contributed by atoms with Crippen LogP contribution in [0.25, 0.3) is 11.1 Å². The number of rotatable bonds is 2. The highest BCUT2D eigenvalue weighted by atomic mass is 14.6. The van der Waals surface area contributed by atoms with Gasteiger partial charge in [0.25, 0.3) is 0 Å². The Kier molecular flexibility index (Phi) is 2.79. The summed E-state index contributed by atoms with van der Waals surface area (Å²) in [6.07, 6.45) is 3.71.